The Hall–Kier alpha value is -1.64. The van der Waals surface area contributed by atoms with Crippen LogP contribution in [0.5, 0.6) is 0 Å². The quantitative estimate of drug-likeness (QED) is 0.775. The Bertz CT molecular complexity index is 573. The summed E-state index contributed by atoms with van der Waals surface area (Å²) < 4.78 is 5.40. The maximum absolute atomic E-state index is 5.40. The van der Waals surface area contributed by atoms with Crippen LogP contribution in [0, 0.1) is 0 Å². The third kappa shape index (κ3) is 4.66. The van der Waals surface area contributed by atoms with Crippen molar-refractivity contribution in [1.29, 1.82) is 0 Å². The molecule has 1 unspecified atom stereocenters. The standard InChI is InChI=1S/C21H27NO/c1-18(6-5-13-22-14-16-23-17-15-22)19-9-11-21(12-10-19)20-7-3-2-4-8-20/h2-4,7-12,18H,5-6,13-17H2,1H3. The third-order valence-electron chi connectivity index (χ3n) is 4.80. The molecular formula is C21H27NO. The van der Waals surface area contributed by atoms with Gasteiger partial charge in [0, 0.05) is 13.1 Å². The van der Waals surface area contributed by atoms with E-state index in [0.717, 1.165) is 26.3 Å². The van der Waals surface area contributed by atoms with Crippen LogP contribution in [0.1, 0.15) is 31.2 Å². The van der Waals surface area contributed by atoms with Crippen molar-refractivity contribution in [1.82, 2.24) is 4.90 Å². The zero-order valence-electron chi connectivity index (χ0n) is 14.1. The van der Waals surface area contributed by atoms with Crippen LogP contribution in [-0.2, 0) is 4.74 Å². The first-order valence-corrected chi connectivity index (χ1v) is 8.78. The number of ether oxygens (including phenoxy) is 1. The lowest BCUT2D eigenvalue weighted by Gasteiger charge is -2.26. The van der Waals surface area contributed by atoms with E-state index in [4.69, 9.17) is 4.74 Å². The van der Waals surface area contributed by atoms with Gasteiger partial charge in [-0.2, -0.15) is 0 Å². The zero-order valence-corrected chi connectivity index (χ0v) is 14.1. The number of benzene rings is 2. The van der Waals surface area contributed by atoms with Crippen molar-refractivity contribution in [3.05, 3.63) is 60.2 Å². The minimum absolute atomic E-state index is 0.626. The van der Waals surface area contributed by atoms with Crippen molar-refractivity contribution < 1.29 is 4.74 Å². The van der Waals surface area contributed by atoms with Gasteiger partial charge in [0.05, 0.1) is 13.2 Å². The SMILES string of the molecule is CC(CCCN1CCOCC1)c1ccc(-c2ccccc2)cc1. The van der Waals surface area contributed by atoms with E-state index < -0.39 is 0 Å². The lowest BCUT2D eigenvalue weighted by atomic mass is 9.94. The number of morpholine rings is 1. The summed E-state index contributed by atoms with van der Waals surface area (Å²) in [6, 6.07) is 19.7. The van der Waals surface area contributed by atoms with Gasteiger partial charge in [0.15, 0.2) is 0 Å². The number of hydrogen-bond donors (Lipinski definition) is 0. The van der Waals surface area contributed by atoms with Crippen molar-refractivity contribution >= 4 is 0 Å². The van der Waals surface area contributed by atoms with E-state index in [-0.39, 0.29) is 0 Å². The highest BCUT2D eigenvalue weighted by Crippen LogP contribution is 2.25. The Morgan fingerprint density at radius 1 is 0.913 bits per heavy atom. The summed E-state index contributed by atoms with van der Waals surface area (Å²) in [5.41, 5.74) is 4.04. The fraction of sp³-hybridized carbons (Fsp3) is 0.429. The number of rotatable bonds is 6. The van der Waals surface area contributed by atoms with Gasteiger partial charge < -0.3 is 4.74 Å². The molecule has 0 aliphatic carbocycles. The van der Waals surface area contributed by atoms with Gasteiger partial charge in [-0.15, -0.1) is 0 Å². The molecule has 3 rings (SSSR count). The van der Waals surface area contributed by atoms with Gasteiger partial charge in [-0.1, -0.05) is 61.5 Å². The molecule has 2 nitrogen and oxygen atoms in total. The highest BCUT2D eigenvalue weighted by atomic mass is 16.5. The molecule has 1 atom stereocenters. The first-order chi connectivity index (χ1) is 11.3. The second kappa shape index (κ2) is 8.28. The molecule has 1 saturated heterocycles. The topological polar surface area (TPSA) is 12.5 Å². The summed E-state index contributed by atoms with van der Waals surface area (Å²) in [4.78, 5) is 2.52. The van der Waals surface area contributed by atoms with Crippen LogP contribution in [0.3, 0.4) is 0 Å². The molecule has 0 N–H and O–H groups in total. The van der Waals surface area contributed by atoms with E-state index in [2.05, 4.69) is 66.4 Å². The van der Waals surface area contributed by atoms with E-state index in [1.807, 2.05) is 0 Å². The van der Waals surface area contributed by atoms with Gasteiger partial charge in [-0.25, -0.2) is 0 Å². The first kappa shape index (κ1) is 16.2. The Kier molecular flexibility index (Phi) is 5.84. The van der Waals surface area contributed by atoms with E-state index in [1.54, 1.807) is 0 Å². The second-order valence-corrected chi connectivity index (χ2v) is 6.49. The molecule has 0 saturated carbocycles. The van der Waals surface area contributed by atoms with Crippen LogP contribution in [0.15, 0.2) is 54.6 Å². The van der Waals surface area contributed by atoms with Crippen LogP contribution in [0.2, 0.25) is 0 Å². The predicted molar refractivity (Wildman–Crippen MR) is 96.8 cm³/mol. The molecular weight excluding hydrogens is 282 g/mol. The Morgan fingerprint density at radius 2 is 1.57 bits per heavy atom. The minimum atomic E-state index is 0.626. The summed E-state index contributed by atoms with van der Waals surface area (Å²) >= 11 is 0. The van der Waals surface area contributed by atoms with Crippen LogP contribution in [0.25, 0.3) is 11.1 Å². The Morgan fingerprint density at radius 3 is 2.26 bits per heavy atom. The van der Waals surface area contributed by atoms with Crippen molar-refractivity contribution in [3.8, 4) is 11.1 Å². The maximum Gasteiger partial charge on any atom is 0.0594 e. The lowest BCUT2D eigenvalue weighted by Crippen LogP contribution is -2.36. The number of hydrogen-bond acceptors (Lipinski definition) is 2. The molecule has 1 aliphatic heterocycles. The summed E-state index contributed by atoms with van der Waals surface area (Å²) in [6.07, 6.45) is 2.52. The van der Waals surface area contributed by atoms with Gasteiger partial charge in [-0.05, 0) is 42.0 Å². The van der Waals surface area contributed by atoms with Crippen LogP contribution in [-0.4, -0.2) is 37.7 Å². The minimum Gasteiger partial charge on any atom is -0.379 e. The monoisotopic (exact) mass is 309 g/mol. The van der Waals surface area contributed by atoms with Crippen molar-refractivity contribution in [2.45, 2.75) is 25.7 Å². The Balaban J connectivity index is 1.50. The maximum atomic E-state index is 5.40. The van der Waals surface area contributed by atoms with Crippen molar-refractivity contribution in [3.63, 3.8) is 0 Å². The highest BCUT2D eigenvalue weighted by molar-refractivity contribution is 5.63. The van der Waals surface area contributed by atoms with Crippen LogP contribution in [0.4, 0.5) is 0 Å². The van der Waals surface area contributed by atoms with Gasteiger partial charge >= 0.3 is 0 Å². The summed E-state index contributed by atoms with van der Waals surface area (Å²) in [5, 5.41) is 0. The molecule has 1 heterocycles. The van der Waals surface area contributed by atoms with E-state index in [1.165, 1.54) is 36.1 Å². The average Bonchev–Trinajstić information content (AvgIpc) is 2.63. The number of nitrogens with zero attached hydrogens (tertiary/aromatic N) is 1. The lowest BCUT2D eigenvalue weighted by molar-refractivity contribution is 0.0370. The second-order valence-electron chi connectivity index (χ2n) is 6.49. The molecule has 2 heteroatoms. The molecule has 2 aromatic rings. The molecule has 0 spiro atoms. The highest BCUT2D eigenvalue weighted by Gasteiger charge is 2.11. The first-order valence-electron chi connectivity index (χ1n) is 8.78. The third-order valence-corrected chi connectivity index (χ3v) is 4.80. The van der Waals surface area contributed by atoms with Gasteiger partial charge in [-0.3, -0.25) is 4.90 Å². The van der Waals surface area contributed by atoms with E-state index in [0.29, 0.717) is 5.92 Å². The fourth-order valence-electron chi connectivity index (χ4n) is 3.25. The zero-order chi connectivity index (χ0) is 15.9. The Labute approximate surface area is 140 Å². The smallest absolute Gasteiger partial charge is 0.0594 e. The molecule has 122 valence electrons. The molecule has 0 bridgehead atoms. The summed E-state index contributed by atoms with van der Waals surface area (Å²) in [5.74, 6) is 0.626. The van der Waals surface area contributed by atoms with Crippen LogP contribution < -0.4 is 0 Å². The van der Waals surface area contributed by atoms with Gasteiger partial charge in [0.1, 0.15) is 0 Å². The largest absolute Gasteiger partial charge is 0.379 e. The molecule has 2 aromatic carbocycles. The van der Waals surface area contributed by atoms with Gasteiger partial charge in [0.25, 0.3) is 0 Å². The van der Waals surface area contributed by atoms with E-state index >= 15 is 0 Å². The fourth-order valence-corrected chi connectivity index (χ4v) is 3.25. The molecule has 1 aliphatic rings. The predicted octanol–water partition coefficient (Wildman–Crippen LogP) is 4.57. The molecule has 0 radical (unpaired) electrons. The average molecular weight is 309 g/mol. The molecule has 1 fully saturated rings. The molecule has 0 amide bonds. The van der Waals surface area contributed by atoms with Gasteiger partial charge in [0.2, 0.25) is 0 Å². The normalized spacial score (nSPS) is 17.1. The van der Waals surface area contributed by atoms with Crippen molar-refractivity contribution in [2.24, 2.45) is 0 Å². The van der Waals surface area contributed by atoms with Crippen LogP contribution >= 0.6 is 0 Å². The summed E-state index contributed by atoms with van der Waals surface area (Å²) in [7, 11) is 0. The molecule has 0 aromatic heterocycles. The molecule has 23 heavy (non-hydrogen) atoms. The van der Waals surface area contributed by atoms with E-state index in [9.17, 15) is 0 Å². The summed E-state index contributed by atoms with van der Waals surface area (Å²) in [6.45, 7) is 7.54. The van der Waals surface area contributed by atoms with Crippen molar-refractivity contribution in [2.75, 3.05) is 32.8 Å².